The van der Waals surface area contributed by atoms with Crippen molar-refractivity contribution in [1.29, 1.82) is 0 Å². The van der Waals surface area contributed by atoms with Gasteiger partial charge in [0.25, 0.3) is 0 Å². The van der Waals surface area contributed by atoms with Crippen molar-refractivity contribution in [2.45, 2.75) is 13.0 Å². The van der Waals surface area contributed by atoms with Gasteiger partial charge < -0.3 is 9.64 Å². The standard InChI is InChI=1S/C8H11ClN2OS/c1-6-4-12-3-2-11(6)7-5-13-8(9)10-7/h5-6H,2-4H2,1H3. The molecule has 72 valence electrons. The average Bonchev–Trinajstić information content (AvgIpc) is 2.53. The Bertz CT molecular complexity index is 291. The minimum atomic E-state index is 0.395. The Balaban J connectivity index is 2.14. The molecule has 1 aliphatic heterocycles. The van der Waals surface area contributed by atoms with Crippen LogP contribution >= 0.6 is 22.9 Å². The van der Waals surface area contributed by atoms with Crippen molar-refractivity contribution in [1.82, 2.24) is 4.98 Å². The number of aromatic nitrogens is 1. The molecule has 0 aliphatic carbocycles. The fourth-order valence-corrected chi connectivity index (χ4v) is 2.20. The van der Waals surface area contributed by atoms with E-state index in [0.717, 1.165) is 25.6 Å². The minimum Gasteiger partial charge on any atom is -0.377 e. The molecule has 0 bridgehead atoms. The van der Waals surface area contributed by atoms with Crippen LogP contribution in [0, 0.1) is 0 Å². The second-order valence-corrected chi connectivity index (χ2v) is 4.52. The van der Waals surface area contributed by atoms with Gasteiger partial charge in [-0.25, -0.2) is 4.98 Å². The highest BCUT2D eigenvalue weighted by atomic mass is 35.5. The Morgan fingerprint density at radius 3 is 3.23 bits per heavy atom. The highest BCUT2D eigenvalue weighted by molar-refractivity contribution is 7.14. The minimum absolute atomic E-state index is 0.395. The van der Waals surface area contributed by atoms with Crippen LogP contribution < -0.4 is 4.90 Å². The Morgan fingerprint density at radius 2 is 2.62 bits per heavy atom. The first-order valence-electron chi connectivity index (χ1n) is 4.23. The molecule has 2 heterocycles. The lowest BCUT2D eigenvalue weighted by Gasteiger charge is -2.33. The lowest BCUT2D eigenvalue weighted by molar-refractivity contribution is 0.0986. The highest BCUT2D eigenvalue weighted by Crippen LogP contribution is 2.24. The topological polar surface area (TPSA) is 25.4 Å². The van der Waals surface area contributed by atoms with E-state index in [2.05, 4.69) is 16.8 Å². The van der Waals surface area contributed by atoms with E-state index in [0.29, 0.717) is 10.5 Å². The van der Waals surface area contributed by atoms with Gasteiger partial charge in [-0.2, -0.15) is 0 Å². The zero-order valence-corrected chi connectivity index (χ0v) is 8.94. The zero-order valence-electron chi connectivity index (χ0n) is 7.36. The van der Waals surface area contributed by atoms with Gasteiger partial charge >= 0.3 is 0 Å². The molecule has 1 aliphatic rings. The summed E-state index contributed by atoms with van der Waals surface area (Å²) in [5.74, 6) is 0.978. The van der Waals surface area contributed by atoms with Gasteiger partial charge in [-0.05, 0) is 6.92 Å². The van der Waals surface area contributed by atoms with Crippen molar-refractivity contribution in [3.8, 4) is 0 Å². The van der Waals surface area contributed by atoms with E-state index in [1.807, 2.05) is 5.38 Å². The van der Waals surface area contributed by atoms with Crippen LogP contribution in [0.1, 0.15) is 6.92 Å². The summed E-state index contributed by atoms with van der Waals surface area (Å²) in [6.07, 6.45) is 0. The van der Waals surface area contributed by atoms with Crippen molar-refractivity contribution < 1.29 is 4.74 Å². The van der Waals surface area contributed by atoms with Crippen LogP contribution in [0.25, 0.3) is 0 Å². The molecular weight excluding hydrogens is 208 g/mol. The lowest BCUT2D eigenvalue weighted by Crippen LogP contribution is -2.43. The SMILES string of the molecule is CC1COCCN1c1csc(Cl)n1. The Kier molecular flexibility index (Phi) is 2.71. The first-order chi connectivity index (χ1) is 6.27. The van der Waals surface area contributed by atoms with Gasteiger partial charge in [-0.1, -0.05) is 11.6 Å². The Hall–Kier alpha value is -0.320. The Labute approximate surface area is 86.3 Å². The number of anilines is 1. The molecule has 1 unspecified atom stereocenters. The third kappa shape index (κ3) is 1.95. The summed E-state index contributed by atoms with van der Waals surface area (Å²) in [6, 6.07) is 0.395. The second kappa shape index (κ2) is 3.82. The van der Waals surface area contributed by atoms with Gasteiger partial charge in [0.05, 0.1) is 19.3 Å². The van der Waals surface area contributed by atoms with Gasteiger partial charge in [0.2, 0.25) is 0 Å². The summed E-state index contributed by atoms with van der Waals surface area (Å²) in [5, 5.41) is 1.99. The smallest absolute Gasteiger partial charge is 0.185 e. The van der Waals surface area contributed by atoms with Gasteiger partial charge in [0.15, 0.2) is 4.47 Å². The van der Waals surface area contributed by atoms with Crippen LogP contribution in [0.5, 0.6) is 0 Å². The number of halogens is 1. The maximum absolute atomic E-state index is 5.78. The summed E-state index contributed by atoms with van der Waals surface area (Å²) in [5.41, 5.74) is 0. The van der Waals surface area contributed by atoms with Gasteiger partial charge in [-0.15, -0.1) is 11.3 Å². The summed E-state index contributed by atoms with van der Waals surface area (Å²) < 4.78 is 5.95. The molecule has 5 heteroatoms. The summed E-state index contributed by atoms with van der Waals surface area (Å²) in [4.78, 5) is 6.47. The van der Waals surface area contributed by atoms with Crippen LogP contribution in [0.3, 0.4) is 0 Å². The molecule has 13 heavy (non-hydrogen) atoms. The predicted molar refractivity (Wildman–Crippen MR) is 54.8 cm³/mol. The van der Waals surface area contributed by atoms with Crippen molar-refractivity contribution in [3.63, 3.8) is 0 Å². The molecule has 0 amide bonds. The number of thiazole rings is 1. The largest absolute Gasteiger partial charge is 0.377 e. The van der Waals surface area contributed by atoms with E-state index >= 15 is 0 Å². The molecule has 0 saturated carbocycles. The monoisotopic (exact) mass is 218 g/mol. The number of hydrogen-bond donors (Lipinski definition) is 0. The molecule has 2 rings (SSSR count). The normalized spacial score (nSPS) is 23.5. The second-order valence-electron chi connectivity index (χ2n) is 3.08. The quantitative estimate of drug-likeness (QED) is 0.721. The number of hydrogen-bond acceptors (Lipinski definition) is 4. The van der Waals surface area contributed by atoms with Gasteiger partial charge in [0, 0.05) is 11.9 Å². The maximum Gasteiger partial charge on any atom is 0.185 e. The predicted octanol–water partition coefficient (Wildman–Crippen LogP) is 2.02. The first-order valence-corrected chi connectivity index (χ1v) is 5.48. The average molecular weight is 219 g/mol. The fourth-order valence-electron chi connectivity index (χ4n) is 1.44. The summed E-state index contributed by atoms with van der Waals surface area (Å²) in [7, 11) is 0. The first kappa shape index (κ1) is 9.24. The van der Waals surface area contributed by atoms with Crippen molar-refractivity contribution in [2.75, 3.05) is 24.7 Å². The van der Waals surface area contributed by atoms with Gasteiger partial charge in [0.1, 0.15) is 5.82 Å². The Morgan fingerprint density at radius 1 is 1.77 bits per heavy atom. The van der Waals surface area contributed by atoms with E-state index in [9.17, 15) is 0 Å². The van der Waals surface area contributed by atoms with Crippen molar-refractivity contribution >= 4 is 28.8 Å². The van der Waals surface area contributed by atoms with Crippen LogP contribution in [0.15, 0.2) is 5.38 Å². The molecular formula is C8H11ClN2OS. The van der Waals surface area contributed by atoms with Crippen molar-refractivity contribution in [3.05, 3.63) is 9.85 Å². The molecule has 0 N–H and O–H groups in total. The number of morpholine rings is 1. The fraction of sp³-hybridized carbons (Fsp3) is 0.625. The molecule has 0 spiro atoms. The maximum atomic E-state index is 5.78. The number of ether oxygens (including phenoxy) is 1. The molecule has 0 aromatic carbocycles. The third-order valence-electron chi connectivity index (χ3n) is 2.13. The molecule has 0 radical (unpaired) electrons. The molecule has 3 nitrogen and oxygen atoms in total. The molecule has 1 fully saturated rings. The van der Waals surface area contributed by atoms with E-state index < -0.39 is 0 Å². The van der Waals surface area contributed by atoms with E-state index in [4.69, 9.17) is 16.3 Å². The van der Waals surface area contributed by atoms with Gasteiger partial charge in [-0.3, -0.25) is 0 Å². The molecule has 1 atom stereocenters. The van der Waals surface area contributed by atoms with E-state index in [-0.39, 0.29) is 0 Å². The zero-order chi connectivity index (χ0) is 9.26. The number of rotatable bonds is 1. The van der Waals surface area contributed by atoms with E-state index in [1.165, 1.54) is 11.3 Å². The summed E-state index contributed by atoms with van der Waals surface area (Å²) >= 11 is 7.25. The van der Waals surface area contributed by atoms with Crippen LogP contribution in [-0.4, -0.2) is 30.8 Å². The third-order valence-corrected chi connectivity index (χ3v) is 3.09. The number of nitrogens with zero attached hydrogens (tertiary/aromatic N) is 2. The molecule has 1 saturated heterocycles. The van der Waals surface area contributed by atoms with Crippen LogP contribution in [0.2, 0.25) is 4.47 Å². The molecule has 1 aromatic heterocycles. The highest BCUT2D eigenvalue weighted by Gasteiger charge is 2.20. The van der Waals surface area contributed by atoms with Crippen LogP contribution in [-0.2, 0) is 4.74 Å². The summed E-state index contributed by atoms with van der Waals surface area (Å²) in [6.45, 7) is 4.59. The van der Waals surface area contributed by atoms with Crippen LogP contribution in [0.4, 0.5) is 5.82 Å². The van der Waals surface area contributed by atoms with Crippen molar-refractivity contribution in [2.24, 2.45) is 0 Å². The lowest BCUT2D eigenvalue weighted by atomic mass is 10.2. The van der Waals surface area contributed by atoms with E-state index in [1.54, 1.807) is 0 Å². The molecule has 1 aromatic rings.